The topological polar surface area (TPSA) is 94.2 Å². The van der Waals surface area contributed by atoms with Crippen molar-refractivity contribution in [2.75, 3.05) is 25.7 Å². The van der Waals surface area contributed by atoms with Gasteiger partial charge < -0.3 is 14.2 Å². The summed E-state index contributed by atoms with van der Waals surface area (Å²) < 4.78 is 9.95. The van der Waals surface area contributed by atoms with E-state index >= 15 is 0 Å². The first-order valence-electron chi connectivity index (χ1n) is 8.07. The van der Waals surface area contributed by atoms with Crippen molar-refractivity contribution in [1.29, 1.82) is 0 Å². The molecule has 0 aromatic carbocycles. The van der Waals surface area contributed by atoms with Crippen LogP contribution in [0.2, 0.25) is 0 Å². The van der Waals surface area contributed by atoms with Crippen LogP contribution in [0, 0.1) is 6.92 Å². The largest absolute Gasteiger partial charge is 0.384 e. The summed E-state index contributed by atoms with van der Waals surface area (Å²) in [6.45, 7) is 2.13. The van der Waals surface area contributed by atoms with Crippen LogP contribution in [0.25, 0.3) is 22.8 Å². The van der Waals surface area contributed by atoms with Crippen molar-refractivity contribution in [3.05, 3.63) is 42.5 Å². The normalized spacial score (nSPS) is 10.7. The van der Waals surface area contributed by atoms with E-state index in [0.717, 1.165) is 5.56 Å². The molecule has 26 heavy (non-hydrogen) atoms. The Balaban J connectivity index is 1.79. The van der Waals surface area contributed by atoms with Crippen LogP contribution in [-0.2, 0) is 9.53 Å². The molecule has 0 aliphatic heterocycles. The molecule has 3 aromatic heterocycles. The van der Waals surface area contributed by atoms with Gasteiger partial charge in [-0.25, -0.2) is 0 Å². The lowest BCUT2D eigenvalue weighted by molar-refractivity contribution is -0.119. The van der Waals surface area contributed by atoms with Crippen molar-refractivity contribution in [2.24, 2.45) is 0 Å². The summed E-state index contributed by atoms with van der Waals surface area (Å²) in [5.41, 5.74) is 2.88. The number of pyridine rings is 2. The first kappa shape index (κ1) is 17.7. The summed E-state index contributed by atoms with van der Waals surface area (Å²) in [4.78, 5) is 26.6. The number of carbonyl (C=O) groups is 1. The quantitative estimate of drug-likeness (QED) is 0.672. The number of amides is 1. The van der Waals surface area contributed by atoms with E-state index in [4.69, 9.17) is 9.26 Å². The molecule has 0 fully saturated rings. The van der Waals surface area contributed by atoms with Gasteiger partial charge in [-0.3, -0.25) is 14.8 Å². The lowest BCUT2D eigenvalue weighted by Gasteiger charge is -2.17. The van der Waals surface area contributed by atoms with Crippen LogP contribution in [0.4, 0.5) is 5.69 Å². The van der Waals surface area contributed by atoms with Crippen LogP contribution >= 0.6 is 0 Å². The van der Waals surface area contributed by atoms with Crippen LogP contribution in [0.3, 0.4) is 0 Å². The van der Waals surface area contributed by atoms with Gasteiger partial charge in [0.2, 0.25) is 17.6 Å². The monoisotopic (exact) mass is 353 g/mol. The van der Waals surface area contributed by atoms with E-state index in [1.807, 2.05) is 24.3 Å². The Morgan fingerprint density at radius 2 is 2.08 bits per heavy atom. The molecule has 3 aromatic rings. The van der Waals surface area contributed by atoms with E-state index < -0.39 is 0 Å². The molecule has 0 aliphatic rings. The van der Waals surface area contributed by atoms with Crippen LogP contribution in [0.15, 0.2) is 41.2 Å². The molecule has 1 amide bonds. The van der Waals surface area contributed by atoms with Crippen molar-refractivity contribution in [3.8, 4) is 22.8 Å². The number of hydrogen-bond donors (Lipinski definition) is 0. The Kier molecular flexibility index (Phi) is 5.33. The molecule has 0 saturated heterocycles. The summed E-state index contributed by atoms with van der Waals surface area (Å²) >= 11 is 0. The van der Waals surface area contributed by atoms with Gasteiger partial charge in [0.1, 0.15) is 0 Å². The fourth-order valence-electron chi connectivity index (χ4n) is 2.36. The van der Waals surface area contributed by atoms with Gasteiger partial charge in [0.15, 0.2) is 0 Å². The highest BCUT2D eigenvalue weighted by atomic mass is 16.5. The lowest BCUT2D eigenvalue weighted by atomic mass is 10.1. The van der Waals surface area contributed by atoms with Gasteiger partial charge in [-0.1, -0.05) is 5.16 Å². The second-order valence-electron chi connectivity index (χ2n) is 5.66. The average molecular weight is 353 g/mol. The Bertz CT molecular complexity index is 892. The number of methoxy groups -OCH3 is 1. The predicted molar refractivity (Wildman–Crippen MR) is 95.4 cm³/mol. The van der Waals surface area contributed by atoms with Crippen molar-refractivity contribution in [1.82, 2.24) is 20.1 Å². The molecule has 0 aliphatic carbocycles. The average Bonchev–Trinajstić information content (AvgIpc) is 3.12. The predicted octanol–water partition coefficient (Wildman–Crippen LogP) is 2.50. The SMILES string of the molecule is COCCC(=O)N(C)c1ccc(-c2cc(-c3noc(C)n3)ccn2)nc1. The first-order chi connectivity index (χ1) is 12.6. The Morgan fingerprint density at radius 3 is 2.73 bits per heavy atom. The van der Waals surface area contributed by atoms with Crippen molar-refractivity contribution < 1.29 is 14.1 Å². The van der Waals surface area contributed by atoms with E-state index in [0.29, 0.717) is 41.8 Å². The molecule has 0 bridgehead atoms. The van der Waals surface area contributed by atoms with Gasteiger partial charge in [0.25, 0.3) is 0 Å². The molecular weight excluding hydrogens is 334 g/mol. The molecule has 134 valence electrons. The second kappa shape index (κ2) is 7.83. The van der Waals surface area contributed by atoms with Gasteiger partial charge in [-0.05, 0) is 24.3 Å². The standard InChI is InChI=1S/C18H19N5O3/c1-12-21-18(22-26-12)13-6-8-19-16(10-13)15-5-4-14(11-20-15)23(2)17(24)7-9-25-3/h4-6,8,10-11H,7,9H2,1-3H3. The summed E-state index contributed by atoms with van der Waals surface area (Å²) in [6, 6.07) is 7.31. The maximum atomic E-state index is 12.0. The Morgan fingerprint density at radius 1 is 1.23 bits per heavy atom. The van der Waals surface area contributed by atoms with Crippen molar-refractivity contribution >= 4 is 11.6 Å². The highest BCUT2D eigenvalue weighted by Gasteiger charge is 2.12. The van der Waals surface area contributed by atoms with E-state index in [2.05, 4.69) is 20.1 Å². The lowest BCUT2D eigenvalue weighted by Crippen LogP contribution is -2.27. The van der Waals surface area contributed by atoms with Crippen molar-refractivity contribution in [2.45, 2.75) is 13.3 Å². The van der Waals surface area contributed by atoms with Crippen LogP contribution in [0.5, 0.6) is 0 Å². The maximum Gasteiger partial charge on any atom is 0.229 e. The zero-order valence-electron chi connectivity index (χ0n) is 14.8. The number of aryl methyl sites for hydroxylation is 1. The number of aromatic nitrogens is 4. The highest BCUT2D eigenvalue weighted by molar-refractivity contribution is 5.92. The molecule has 3 rings (SSSR count). The van der Waals surface area contributed by atoms with E-state index in [1.165, 1.54) is 0 Å². The van der Waals surface area contributed by atoms with Gasteiger partial charge >= 0.3 is 0 Å². The second-order valence-corrected chi connectivity index (χ2v) is 5.66. The van der Waals surface area contributed by atoms with E-state index in [9.17, 15) is 4.79 Å². The molecular formula is C18H19N5O3. The fourth-order valence-corrected chi connectivity index (χ4v) is 2.36. The molecule has 0 N–H and O–H groups in total. The van der Waals surface area contributed by atoms with Crippen molar-refractivity contribution in [3.63, 3.8) is 0 Å². The molecule has 3 heterocycles. The third-order valence-electron chi connectivity index (χ3n) is 3.84. The molecule has 8 heteroatoms. The van der Waals surface area contributed by atoms with Crippen LogP contribution in [-0.4, -0.2) is 46.8 Å². The summed E-state index contributed by atoms with van der Waals surface area (Å²) in [7, 11) is 3.28. The first-order valence-corrected chi connectivity index (χ1v) is 8.07. The van der Waals surface area contributed by atoms with Gasteiger partial charge in [0, 0.05) is 32.8 Å². The number of carbonyl (C=O) groups excluding carboxylic acids is 1. The minimum Gasteiger partial charge on any atom is -0.384 e. The van der Waals surface area contributed by atoms with E-state index in [-0.39, 0.29) is 5.91 Å². The molecule has 0 spiro atoms. The van der Waals surface area contributed by atoms with Gasteiger partial charge in [-0.15, -0.1) is 0 Å². The minimum atomic E-state index is -0.0333. The summed E-state index contributed by atoms with van der Waals surface area (Å²) in [5.74, 6) is 0.974. The Hall–Kier alpha value is -3.13. The number of ether oxygens (including phenoxy) is 1. The highest BCUT2D eigenvalue weighted by Crippen LogP contribution is 2.23. The molecule has 8 nitrogen and oxygen atoms in total. The molecule has 0 atom stereocenters. The maximum absolute atomic E-state index is 12.0. The number of nitrogens with zero attached hydrogens (tertiary/aromatic N) is 5. The minimum absolute atomic E-state index is 0.0333. The summed E-state index contributed by atoms with van der Waals surface area (Å²) in [6.07, 6.45) is 3.64. The summed E-state index contributed by atoms with van der Waals surface area (Å²) in [5, 5.41) is 3.91. The third kappa shape index (κ3) is 3.92. The van der Waals surface area contributed by atoms with Crippen LogP contribution < -0.4 is 4.90 Å². The number of hydrogen-bond acceptors (Lipinski definition) is 7. The van der Waals surface area contributed by atoms with Crippen LogP contribution in [0.1, 0.15) is 12.3 Å². The number of anilines is 1. The van der Waals surface area contributed by atoms with Gasteiger partial charge in [-0.2, -0.15) is 4.98 Å². The zero-order valence-corrected chi connectivity index (χ0v) is 14.8. The fraction of sp³-hybridized carbons (Fsp3) is 0.278. The third-order valence-corrected chi connectivity index (χ3v) is 3.84. The smallest absolute Gasteiger partial charge is 0.229 e. The zero-order chi connectivity index (χ0) is 18.5. The Labute approximate surface area is 150 Å². The van der Waals surface area contributed by atoms with Gasteiger partial charge in [0.05, 0.1) is 36.3 Å². The molecule has 0 unspecified atom stereocenters. The molecule has 0 saturated carbocycles. The number of rotatable bonds is 6. The molecule has 0 radical (unpaired) electrons. The van der Waals surface area contributed by atoms with E-state index in [1.54, 1.807) is 38.4 Å².